The van der Waals surface area contributed by atoms with Gasteiger partial charge in [-0.25, -0.2) is 0 Å². The molecule has 18 heavy (non-hydrogen) atoms. The lowest BCUT2D eigenvalue weighted by Crippen LogP contribution is -2.52. The minimum atomic E-state index is -0.340. The molecule has 1 aliphatic heterocycles. The first-order valence-electron chi connectivity index (χ1n) is 6.31. The lowest BCUT2D eigenvalue weighted by Gasteiger charge is -2.34. The van der Waals surface area contributed by atoms with Gasteiger partial charge in [0.1, 0.15) is 0 Å². The Kier molecular flexibility index (Phi) is 3.82. The van der Waals surface area contributed by atoms with Gasteiger partial charge >= 0.3 is 0 Å². The van der Waals surface area contributed by atoms with Crippen LogP contribution in [0, 0.1) is 0 Å². The van der Waals surface area contributed by atoms with Crippen molar-refractivity contribution in [2.45, 2.75) is 25.9 Å². The molecule has 1 fully saturated rings. The van der Waals surface area contributed by atoms with Gasteiger partial charge in [-0.2, -0.15) is 0 Å². The third-order valence-corrected chi connectivity index (χ3v) is 3.20. The Balaban J connectivity index is 1.94. The molecule has 1 heterocycles. The first-order valence-corrected chi connectivity index (χ1v) is 6.31. The monoisotopic (exact) mass is 245 g/mol. The molecule has 96 valence electrons. The average molecular weight is 245 g/mol. The molecule has 3 heteroatoms. The van der Waals surface area contributed by atoms with Crippen LogP contribution in [0.25, 0.3) is 6.08 Å². The highest BCUT2D eigenvalue weighted by molar-refractivity contribution is 5.92. The number of likely N-dealkylation sites (tertiary alicyclic amines) is 1. The number of rotatable bonds is 3. The molecule has 0 aliphatic carbocycles. The molecular formula is C15H19NO2. The Hall–Kier alpha value is -1.61. The van der Waals surface area contributed by atoms with Crippen LogP contribution in [0.5, 0.6) is 0 Å². The van der Waals surface area contributed by atoms with Crippen molar-refractivity contribution in [3.8, 4) is 0 Å². The second-order valence-electron chi connectivity index (χ2n) is 5.05. The summed E-state index contributed by atoms with van der Waals surface area (Å²) in [6, 6.07) is 8.21. The molecule has 1 saturated heterocycles. The van der Waals surface area contributed by atoms with Gasteiger partial charge in [-0.3, -0.25) is 4.79 Å². The lowest BCUT2D eigenvalue weighted by atomic mass is 10.0. The van der Waals surface area contributed by atoms with Gasteiger partial charge in [-0.1, -0.05) is 38.1 Å². The zero-order chi connectivity index (χ0) is 13.1. The maximum absolute atomic E-state index is 11.6. The smallest absolute Gasteiger partial charge is 0.246 e. The van der Waals surface area contributed by atoms with Gasteiger partial charge in [-0.15, -0.1) is 0 Å². The number of aliphatic hydroxyl groups excluding tert-OH is 1. The van der Waals surface area contributed by atoms with Crippen molar-refractivity contribution in [2.75, 3.05) is 13.1 Å². The van der Waals surface area contributed by atoms with E-state index in [9.17, 15) is 4.79 Å². The predicted molar refractivity (Wildman–Crippen MR) is 72.2 cm³/mol. The predicted octanol–water partition coefficient (Wildman–Crippen LogP) is 2.03. The number of carbonyl (C=O) groups is 1. The SMILES string of the molecule is CC(C)c1ccc(C=CC(=O)N2CC(O)C2)cc1. The minimum absolute atomic E-state index is 0.0340. The highest BCUT2D eigenvalue weighted by Gasteiger charge is 2.26. The summed E-state index contributed by atoms with van der Waals surface area (Å²) in [6.45, 7) is 5.22. The molecule has 0 radical (unpaired) electrons. The van der Waals surface area contributed by atoms with E-state index in [-0.39, 0.29) is 12.0 Å². The van der Waals surface area contributed by atoms with Crippen LogP contribution >= 0.6 is 0 Å². The molecule has 0 bridgehead atoms. The molecule has 0 atom stereocenters. The summed E-state index contributed by atoms with van der Waals surface area (Å²) >= 11 is 0. The molecule has 1 aromatic rings. The molecule has 2 rings (SSSR count). The van der Waals surface area contributed by atoms with Crippen molar-refractivity contribution in [3.63, 3.8) is 0 Å². The van der Waals surface area contributed by atoms with Crippen molar-refractivity contribution in [2.24, 2.45) is 0 Å². The van der Waals surface area contributed by atoms with Gasteiger partial charge in [0, 0.05) is 19.2 Å². The van der Waals surface area contributed by atoms with E-state index in [0.717, 1.165) is 5.56 Å². The Labute approximate surface area is 108 Å². The fourth-order valence-electron chi connectivity index (χ4n) is 1.90. The van der Waals surface area contributed by atoms with E-state index in [1.54, 1.807) is 11.0 Å². The van der Waals surface area contributed by atoms with Crippen LogP contribution in [0.3, 0.4) is 0 Å². The van der Waals surface area contributed by atoms with Crippen molar-refractivity contribution in [3.05, 3.63) is 41.5 Å². The number of benzene rings is 1. The maximum Gasteiger partial charge on any atom is 0.246 e. The van der Waals surface area contributed by atoms with Crippen molar-refractivity contribution >= 4 is 12.0 Å². The molecule has 3 nitrogen and oxygen atoms in total. The largest absolute Gasteiger partial charge is 0.389 e. The molecular weight excluding hydrogens is 226 g/mol. The lowest BCUT2D eigenvalue weighted by molar-refractivity contribution is -0.135. The molecule has 1 amide bonds. The summed E-state index contributed by atoms with van der Waals surface area (Å²) < 4.78 is 0. The van der Waals surface area contributed by atoms with Crippen LogP contribution in [0.4, 0.5) is 0 Å². The van der Waals surface area contributed by atoms with E-state index in [4.69, 9.17) is 5.11 Å². The van der Waals surface area contributed by atoms with E-state index < -0.39 is 0 Å². The number of hydrogen-bond donors (Lipinski definition) is 1. The van der Waals surface area contributed by atoms with E-state index in [1.165, 1.54) is 5.56 Å². The van der Waals surface area contributed by atoms with Crippen molar-refractivity contribution in [1.29, 1.82) is 0 Å². The van der Waals surface area contributed by atoms with Gasteiger partial charge in [-0.05, 0) is 23.1 Å². The first-order chi connectivity index (χ1) is 8.56. The van der Waals surface area contributed by atoms with Gasteiger partial charge in [0.25, 0.3) is 0 Å². The molecule has 1 N–H and O–H groups in total. The van der Waals surface area contributed by atoms with Gasteiger partial charge in [0.2, 0.25) is 5.91 Å². The van der Waals surface area contributed by atoms with Crippen LogP contribution in [-0.2, 0) is 4.79 Å². The van der Waals surface area contributed by atoms with Crippen LogP contribution in [0.15, 0.2) is 30.3 Å². The first kappa shape index (κ1) is 12.8. The second kappa shape index (κ2) is 5.36. The van der Waals surface area contributed by atoms with Crippen LogP contribution in [-0.4, -0.2) is 35.1 Å². The van der Waals surface area contributed by atoms with E-state index in [1.807, 2.05) is 18.2 Å². The number of nitrogens with zero attached hydrogens (tertiary/aromatic N) is 1. The number of aliphatic hydroxyl groups is 1. The standard InChI is InChI=1S/C15H19NO2/c1-11(2)13-6-3-12(4-7-13)5-8-15(18)16-9-14(17)10-16/h3-8,11,14,17H,9-10H2,1-2H3. The van der Waals surface area contributed by atoms with Gasteiger partial charge in [0.15, 0.2) is 0 Å². The number of carbonyl (C=O) groups excluding carboxylic acids is 1. The van der Waals surface area contributed by atoms with E-state index >= 15 is 0 Å². The molecule has 0 saturated carbocycles. The number of amides is 1. The number of β-amino-alcohol motifs (C(OH)–C–C–N with tert-alkyl or cyclic N) is 1. The van der Waals surface area contributed by atoms with Crippen LogP contribution < -0.4 is 0 Å². The van der Waals surface area contributed by atoms with E-state index in [2.05, 4.69) is 26.0 Å². The maximum atomic E-state index is 11.6. The quantitative estimate of drug-likeness (QED) is 0.828. The van der Waals surface area contributed by atoms with Crippen molar-refractivity contribution in [1.82, 2.24) is 4.90 Å². The number of hydrogen-bond acceptors (Lipinski definition) is 2. The second-order valence-corrected chi connectivity index (χ2v) is 5.05. The Morgan fingerprint density at radius 1 is 1.33 bits per heavy atom. The zero-order valence-electron chi connectivity index (χ0n) is 10.8. The van der Waals surface area contributed by atoms with E-state index in [0.29, 0.717) is 19.0 Å². The van der Waals surface area contributed by atoms with Gasteiger partial charge < -0.3 is 10.0 Å². The third-order valence-electron chi connectivity index (χ3n) is 3.20. The normalized spacial score (nSPS) is 16.3. The Morgan fingerprint density at radius 3 is 2.44 bits per heavy atom. The molecule has 1 aromatic carbocycles. The molecule has 0 aromatic heterocycles. The summed E-state index contributed by atoms with van der Waals surface area (Å²) in [4.78, 5) is 13.3. The highest BCUT2D eigenvalue weighted by Crippen LogP contribution is 2.15. The highest BCUT2D eigenvalue weighted by atomic mass is 16.3. The topological polar surface area (TPSA) is 40.5 Å². The summed E-state index contributed by atoms with van der Waals surface area (Å²) in [5, 5.41) is 9.12. The Bertz CT molecular complexity index is 442. The molecule has 0 spiro atoms. The zero-order valence-corrected chi connectivity index (χ0v) is 10.8. The third kappa shape index (κ3) is 2.99. The molecule has 0 unspecified atom stereocenters. The van der Waals surface area contributed by atoms with Crippen LogP contribution in [0.2, 0.25) is 0 Å². The summed E-state index contributed by atoms with van der Waals surface area (Å²) in [5.41, 5.74) is 2.32. The average Bonchev–Trinajstić information content (AvgIpc) is 2.32. The minimum Gasteiger partial charge on any atom is -0.389 e. The van der Waals surface area contributed by atoms with Crippen molar-refractivity contribution < 1.29 is 9.90 Å². The Morgan fingerprint density at radius 2 is 1.94 bits per heavy atom. The summed E-state index contributed by atoms with van der Waals surface area (Å²) in [7, 11) is 0. The fourth-order valence-corrected chi connectivity index (χ4v) is 1.90. The van der Waals surface area contributed by atoms with Crippen LogP contribution in [0.1, 0.15) is 30.9 Å². The van der Waals surface area contributed by atoms with Gasteiger partial charge in [0.05, 0.1) is 6.10 Å². The summed E-state index contributed by atoms with van der Waals surface area (Å²) in [5.74, 6) is 0.487. The summed E-state index contributed by atoms with van der Waals surface area (Å²) in [6.07, 6.45) is 3.04. The fraction of sp³-hybridized carbons (Fsp3) is 0.400. The molecule has 1 aliphatic rings.